The molecule has 0 radical (unpaired) electrons. The molecule has 4 saturated carbocycles. The highest BCUT2D eigenvalue weighted by Gasteiger charge is 2.65. The maximum atomic E-state index is 11.0. The Kier molecular flexibility index (Phi) is 3.16. The Bertz CT molecular complexity index is 561. The molecule has 2 heteroatoms. The van der Waals surface area contributed by atoms with Crippen LogP contribution in [0.25, 0.3) is 0 Å². The van der Waals surface area contributed by atoms with Gasteiger partial charge in [-0.3, -0.25) is 0 Å². The third kappa shape index (κ3) is 1.90. The minimum atomic E-state index is -0.901. The molecule has 0 saturated heterocycles. The van der Waals surface area contributed by atoms with Gasteiger partial charge in [-0.2, -0.15) is 0 Å². The summed E-state index contributed by atoms with van der Waals surface area (Å²) >= 11 is 0. The van der Waals surface area contributed by atoms with E-state index in [4.69, 9.17) is 6.42 Å². The first-order valence-electron chi connectivity index (χ1n) is 9.58. The zero-order chi connectivity index (χ0) is 16.7. The standard InChI is InChI=1S/C21H32O2/c1-5-21(23)11-9-17-15-7-6-14-12-18(2,22)13-19(14,3)16(15)8-10-20(17,21)4/h1,14-17,22-23H,6-13H2,2-4H3/t14?,15-,16+,17+,18-,19+,20+,21+/m1/s1. The number of hydrogen-bond donors (Lipinski definition) is 2. The van der Waals surface area contributed by atoms with E-state index < -0.39 is 11.2 Å². The number of hydrogen-bond acceptors (Lipinski definition) is 2. The van der Waals surface area contributed by atoms with Crippen molar-refractivity contribution in [2.24, 2.45) is 34.5 Å². The Labute approximate surface area is 141 Å². The van der Waals surface area contributed by atoms with E-state index in [0.29, 0.717) is 23.7 Å². The molecule has 2 N–H and O–H groups in total. The Morgan fingerprint density at radius 3 is 2.35 bits per heavy atom. The van der Waals surface area contributed by atoms with Gasteiger partial charge in [-0.1, -0.05) is 19.8 Å². The van der Waals surface area contributed by atoms with Crippen LogP contribution in [0.5, 0.6) is 0 Å². The zero-order valence-electron chi connectivity index (χ0n) is 14.9. The SMILES string of the molecule is C#C[C@]1(O)CC[C@H]2[C@@H]3CCC4C[C@@](C)(O)C[C@]4(C)[C@H]3CC[C@@]21C. The van der Waals surface area contributed by atoms with E-state index >= 15 is 0 Å². The number of aliphatic hydroxyl groups is 2. The van der Waals surface area contributed by atoms with Gasteiger partial charge in [0.15, 0.2) is 0 Å². The smallest absolute Gasteiger partial charge is 0.130 e. The van der Waals surface area contributed by atoms with Crippen LogP contribution in [-0.4, -0.2) is 21.4 Å². The second-order valence-electron chi connectivity index (χ2n) is 10.0. The third-order valence-electron chi connectivity index (χ3n) is 8.90. The summed E-state index contributed by atoms with van der Waals surface area (Å²) in [5, 5.41) is 21.7. The van der Waals surface area contributed by atoms with E-state index in [1.54, 1.807) is 0 Å². The third-order valence-corrected chi connectivity index (χ3v) is 8.90. The molecule has 128 valence electrons. The molecule has 0 aromatic heterocycles. The van der Waals surface area contributed by atoms with E-state index in [9.17, 15) is 10.2 Å². The lowest BCUT2D eigenvalue weighted by atomic mass is 9.47. The van der Waals surface area contributed by atoms with E-state index in [0.717, 1.165) is 32.1 Å². The number of terminal acetylenes is 1. The minimum absolute atomic E-state index is 0.104. The molecule has 4 aliphatic carbocycles. The van der Waals surface area contributed by atoms with Crippen molar-refractivity contribution < 1.29 is 10.2 Å². The van der Waals surface area contributed by atoms with Gasteiger partial charge in [0.05, 0.1) is 5.60 Å². The van der Waals surface area contributed by atoms with E-state index in [2.05, 4.69) is 19.8 Å². The van der Waals surface area contributed by atoms with Gasteiger partial charge < -0.3 is 10.2 Å². The zero-order valence-corrected chi connectivity index (χ0v) is 14.9. The summed E-state index contributed by atoms with van der Waals surface area (Å²) in [7, 11) is 0. The number of rotatable bonds is 0. The molecular formula is C21H32O2. The van der Waals surface area contributed by atoms with Gasteiger partial charge in [0.25, 0.3) is 0 Å². The first kappa shape index (κ1) is 16.0. The first-order valence-corrected chi connectivity index (χ1v) is 9.58. The van der Waals surface area contributed by atoms with Crippen LogP contribution in [0.4, 0.5) is 0 Å². The number of fused-ring (bicyclic) bond motifs is 5. The van der Waals surface area contributed by atoms with Crippen molar-refractivity contribution in [3.05, 3.63) is 0 Å². The van der Waals surface area contributed by atoms with Crippen LogP contribution in [0.2, 0.25) is 0 Å². The summed E-state index contributed by atoms with van der Waals surface area (Å²) in [4.78, 5) is 0. The Morgan fingerprint density at radius 2 is 1.65 bits per heavy atom. The van der Waals surface area contributed by atoms with Crippen LogP contribution in [0.15, 0.2) is 0 Å². The van der Waals surface area contributed by atoms with Gasteiger partial charge in [-0.25, -0.2) is 0 Å². The molecule has 2 nitrogen and oxygen atoms in total. The summed E-state index contributed by atoms with van der Waals surface area (Å²) < 4.78 is 0. The van der Waals surface area contributed by atoms with Crippen LogP contribution in [0, 0.1) is 46.8 Å². The lowest BCUT2D eigenvalue weighted by Gasteiger charge is -2.58. The maximum absolute atomic E-state index is 11.0. The van der Waals surface area contributed by atoms with Crippen molar-refractivity contribution in [2.45, 2.75) is 83.3 Å². The molecule has 0 aromatic rings. The van der Waals surface area contributed by atoms with Crippen LogP contribution in [0.1, 0.15) is 72.1 Å². The summed E-state index contributed by atoms with van der Waals surface area (Å²) in [6.45, 7) is 6.73. The van der Waals surface area contributed by atoms with Crippen LogP contribution >= 0.6 is 0 Å². The van der Waals surface area contributed by atoms with Gasteiger partial charge in [-0.05, 0) is 87.4 Å². The normalized spacial score (nSPS) is 61.4. The second-order valence-corrected chi connectivity index (χ2v) is 10.0. The van der Waals surface area contributed by atoms with Crippen LogP contribution < -0.4 is 0 Å². The van der Waals surface area contributed by atoms with E-state index in [1.165, 1.54) is 19.3 Å². The highest BCUT2D eigenvalue weighted by molar-refractivity contribution is 5.24. The largest absolute Gasteiger partial charge is 0.390 e. The van der Waals surface area contributed by atoms with Crippen molar-refractivity contribution in [1.82, 2.24) is 0 Å². The van der Waals surface area contributed by atoms with Crippen molar-refractivity contribution in [3.63, 3.8) is 0 Å². The van der Waals surface area contributed by atoms with Gasteiger partial charge in [0.1, 0.15) is 5.60 Å². The fraction of sp³-hybridized carbons (Fsp3) is 0.905. The molecule has 0 aromatic carbocycles. The van der Waals surface area contributed by atoms with E-state index in [1.807, 2.05) is 6.92 Å². The topological polar surface area (TPSA) is 40.5 Å². The van der Waals surface area contributed by atoms with Gasteiger partial charge in [0, 0.05) is 5.41 Å². The van der Waals surface area contributed by atoms with Crippen LogP contribution in [-0.2, 0) is 0 Å². The molecular weight excluding hydrogens is 284 g/mol. The average Bonchev–Trinajstić information content (AvgIpc) is 2.89. The summed E-state index contributed by atoms with van der Waals surface area (Å²) in [6, 6.07) is 0. The Morgan fingerprint density at radius 1 is 0.957 bits per heavy atom. The van der Waals surface area contributed by atoms with Gasteiger partial charge in [-0.15, -0.1) is 6.42 Å². The molecule has 4 rings (SSSR count). The second kappa shape index (κ2) is 4.55. The molecule has 0 spiro atoms. The molecule has 1 unspecified atom stereocenters. The Balaban J connectivity index is 1.68. The fourth-order valence-electron chi connectivity index (χ4n) is 7.82. The minimum Gasteiger partial charge on any atom is -0.390 e. The monoisotopic (exact) mass is 316 g/mol. The molecule has 23 heavy (non-hydrogen) atoms. The summed E-state index contributed by atoms with van der Waals surface area (Å²) in [5.41, 5.74) is -1.20. The van der Waals surface area contributed by atoms with E-state index in [-0.39, 0.29) is 10.8 Å². The predicted octanol–water partition coefficient (Wildman–Crippen LogP) is 3.75. The highest BCUT2D eigenvalue weighted by atomic mass is 16.3. The molecule has 4 fully saturated rings. The quantitative estimate of drug-likeness (QED) is 0.668. The lowest BCUT2D eigenvalue weighted by molar-refractivity contribution is -0.120. The molecule has 4 aliphatic rings. The van der Waals surface area contributed by atoms with Gasteiger partial charge >= 0.3 is 0 Å². The van der Waals surface area contributed by atoms with Crippen molar-refractivity contribution >= 4 is 0 Å². The first-order chi connectivity index (χ1) is 10.7. The molecule has 0 heterocycles. The van der Waals surface area contributed by atoms with Crippen molar-refractivity contribution in [3.8, 4) is 12.3 Å². The lowest BCUT2D eigenvalue weighted by Crippen LogP contribution is -2.54. The van der Waals surface area contributed by atoms with Crippen molar-refractivity contribution in [2.75, 3.05) is 0 Å². The molecule has 0 aliphatic heterocycles. The Hall–Kier alpha value is -0.520. The maximum Gasteiger partial charge on any atom is 0.130 e. The average molecular weight is 316 g/mol. The van der Waals surface area contributed by atoms with Gasteiger partial charge in [0.2, 0.25) is 0 Å². The predicted molar refractivity (Wildman–Crippen MR) is 91.5 cm³/mol. The fourth-order valence-corrected chi connectivity index (χ4v) is 7.82. The summed E-state index contributed by atoms with van der Waals surface area (Å²) in [6.07, 6.45) is 14.2. The molecule has 0 bridgehead atoms. The highest BCUT2D eigenvalue weighted by Crippen LogP contribution is 2.69. The molecule has 8 atom stereocenters. The van der Waals surface area contributed by atoms with Crippen molar-refractivity contribution in [1.29, 1.82) is 0 Å². The van der Waals surface area contributed by atoms with Crippen LogP contribution in [0.3, 0.4) is 0 Å². The summed E-state index contributed by atoms with van der Waals surface area (Å²) in [5.74, 6) is 5.39. The molecule has 0 amide bonds.